The summed E-state index contributed by atoms with van der Waals surface area (Å²) < 4.78 is 5.16. The molecule has 1 saturated heterocycles. The third-order valence-electron chi connectivity index (χ3n) is 4.65. The van der Waals surface area contributed by atoms with Gasteiger partial charge in [0.05, 0.1) is 29.3 Å². The maximum absolute atomic E-state index is 12.1. The highest BCUT2D eigenvalue weighted by molar-refractivity contribution is 7.12. The van der Waals surface area contributed by atoms with Crippen LogP contribution in [0, 0.1) is 0 Å². The predicted octanol–water partition coefficient (Wildman–Crippen LogP) is 3.70. The van der Waals surface area contributed by atoms with Crippen molar-refractivity contribution in [2.45, 2.75) is 13.0 Å². The van der Waals surface area contributed by atoms with Crippen molar-refractivity contribution in [3.8, 4) is 0 Å². The van der Waals surface area contributed by atoms with Crippen LogP contribution in [0.3, 0.4) is 0 Å². The molecule has 1 N–H and O–H groups in total. The van der Waals surface area contributed by atoms with Crippen LogP contribution < -0.4 is 10.2 Å². The molecule has 0 unspecified atom stereocenters. The first-order chi connectivity index (χ1) is 13.3. The topological polar surface area (TPSA) is 61.6 Å². The lowest BCUT2D eigenvalue weighted by Gasteiger charge is -2.22. The van der Waals surface area contributed by atoms with Gasteiger partial charge in [-0.3, -0.25) is 9.69 Å². The number of aromatic nitrogens is 1. The van der Waals surface area contributed by atoms with Gasteiger partial charge in [0, 0.05) is 38.3 Å². The fraction of sp³-hybridized carbons (Fsp3) is 0.300. The molecule has 0 radical (unpaired) electrons. The zero-order valence-corrected chi connectivity index (χ0v) is 15.8. The van der Waals surface area contributed by atoms with E-state index in [0.29, 0.717) is 10.6 Å². The standard InChI is InChI=1S/C20H22N4O2S/c25-20(18-3-1-12-27-18)22-17-4-5-19(21-13-17)24-8-2-7-23(9-10-24)14-16-6-11-26-15-16/h1,3-6,11-13,15H,2,7-10,14H2,(H,22,25). The van der Waals surface area contributed by atoms with Gasteiger partial charge in [-0.15, -0.1) is 11.3 Å². The van der Waals surface area contributed by atoms with E-state index in [-0.39, 0.29) is 5.91 Å². The van der Waals surface area contributed by atoms with Gasteiger partial charge in [0.1, 0.15) is 5.82 Å². The first-order valence-corrected chi connectivity index (χ1v) is 9.95. The summed E-state index contributed by atoms with van der Waals surface area (Å²) in [6.07, 6.45) is 6.36. The molecule has 140 valence electrons. The molecule has 1 aliphatic rings. The van der Waals surface area contributed by atoms with E-state index in [1.165, 1.54) is 16.9 Å². The number of amides is 1. The molecule has 3 aromatic rings. The van der Waals surface area contributed by atoms with Crippen LogP contribution in [0.4, 0.5) is 11.5 Å². The maximum Gasteiger partial charge on any atom is 0.265 e. The molecule has 1 amide bonds. The van der Waals surface area contributed by atoms with Gasteiger partial charge in [0.15, 0.2) is 0 Å². The van der Waals surface area contributed by atoms with Crippen LogP contribution in [0.15, 0.2) is 58.9 Å². The fourth-order valence-electron chi connectivity index (χ4n) is 3.25. The molecule has 0 atom stereocenters. The van der Waals surface area contributed by atoms with Crippen molar-refractivity contribution in [2.24, 2.45) is 0 Å². The Labute approximate surface area is 162 Å². The predicted molar refractivity (Wildman–Crippen MR) is 107 cm³/mol. The average Bonchev–Trinajstić information content (AvgIpc) is 3.35. The molecule has 1 aliphatic heterocycles. The lowest BCUT2D eigenvalue weighted by atomic mass is 10.3. The number of nitrogens with zero attached hydrogens (tertiary/aromatic N) is 3. The summed E-state index contributed by atoms with van der Waals surface area (Å²) in [4.78, 5) is 22.1. The molecule has 27 heavy (non-hydrogen) atoms. The normalized spacial score (nSPS) is 15.5. The van der Waals surface area contributed by atoms with E-state index in [2.05, 4.69) is 20.1 Å². The van der Waals surface area contributed by atoms with Gasteiger partial charge in [-0.05, 0) is 36.1 Å². The van der Waals surface area contributed by atoms with Gasteiger partial charge in [0.25, 0.3) is 5.91 Å². The third-order valence-corrected chi connectivity index (χ3v) is 5.52. The Balaban J connectivity index is 1.34. The van der Waals surface area contributed by atoms with Gasteiger partial charge in [0.2, 0.25) is 0 Å². The molecule has 4 heterocycles. The minimum absolute atomic E-state index is 0.0933. The summed E-state index contributed by atoms with van der Waals surface area (Å²) in [6.45, 7) is 4.90. The van der Waals surface area contributed by atoms with Crippen molar-refractivity contribution in [3.63, 3.8) is 0 Å². The van der Waals surface area contributed by atoms with E-state index >= 15 is 0 Å². The Morgan fingerprint density at radius 1 is 1.19 bits per heavy atom. The lowest BCUT2D eigenvalue weighted by Crippen LogP contribution is -2.30. The Hall–Kier alpha value is -2.64. The molecule has 0 bridgehead atoms. The summed E-state index contributed by atoms with van der Waals surface area (Å²) in [5, 5.41) is 4.79. The first kappa shape index (κ1) is 17.8. The third kappa shape index (κ3) is 4.56. The second-order valence-electron chi connectivity index (χ2n) is 6.58. The van der Waals surface area contributed by atoms with Crippen LogP contribution in [0.5, 0.6) is 0 Å². The first-order valence-electron chi connectivity index (χ1n) is 9.07. The number of hydrogen-bond acceptors (Lipinski definition) is 6. The average molecular weight is 382 g/mol. The van der Waals surface area contributed by atoms with Crippen molar-refractivity contribution in [2.75, 3.05) is 36.4 Å². The van der Waals surface area contributed by atoms with Crippen molar-refractivity contribution < 1.29 is 9.21 Å². The minimum atomic E-state index is -0.0933. The second kappa shape index (κ2) is 8.37. The van der Waals surface area contributed by atoms with Crippen LogP contribution in [0.25, 0.3) is 0 Å². The van der Waals surface area contributed by atoms with Crippen molar-refractivity contribution in [3.05, 3.63) is 64.9 Å². The van der Waals surface area contributed by atoms with E-state index in [0.717, 1.165) is 45.0 Å². The molecule has 0 aliphatic carbocycles. The van der Waals surface area contributed by atoms with Crippen LogP contribution in [-0.2, 0) is 6.54 Å². The van der Waals surface area contributed by atoms with Gasteiger partial charge in [-0.2, -0.15) is 0 Å². The number of thiophene rings is 1. The molecule has 7 heteroatoms. The highest BCUT2D eigenvalue weighted by Crippen LogP contribution is 2.18. The van der Waals surface area contributed by atoms with Gasteiger partial charge in [-0.25, -0.2) is 4.98 Å². The Morgan fingerprint density at radius 2 is 2.15 bits per heavy atom. The number of furan rings is 1. The summed E-state index contributed by atoms with van der Waals surface area (Å²) in [7, 11) is 0. The largest absolute Gasteiger partial charge is 0.472 e. The van der Waals surface area contributed by atoms with Crippen LogP contribution in [0.2, 0.25) is 0 Å². The Morgan fingerprint density at radius 3 is 2.89 bits per heavy atom. The van der Waals surface area contributed by atoms with Crippen LogP contribution in [-0.4, -0.2) is 42.0 Å². The Bertz CT molecular complexity index is 847. The number of pyridine rings is 1. The van der Waals surface area contributed by atoms with E-state index in [4.69, 9.17) is 4.42 Å². The van der Waals surface area contributed by atoms with Crippen molar-refractivity contribution in [1.82, 2.24) is 9.88 Å². The molecular weight excluding hydrogens is 360 g/mol. The quantitative estimate of drug-likeness (QED) is 0.729. The number of nitrogens with one attached hydrogen (secondary N) is 1. The van der Waals surface area contributed by atoms with Crippen molar-refractivity contribution >= 4 is 28.7 Å². The zero-order chi connectivity index (χ0) is 18.5. The molecule has 1 fully saturated rings. The number of carbonyl (C=O) groups excluding carboxylic acids is 1. The van der Waals surface area contributed by atoms with Gasteiger partial charge < -0.3 is 14.6 Å². The number of carbonyl (C=O) groups is 1. The maximum atomic E-state index is 12.1. The fourth-order valence-corrected chi connectivity index (χ4v) is 3.87. The molecule has 4 rings (SSSR count). The molecule has 3 aromatic heterocycles. The van der Waals surface area contributed by atoms with Gasteiger partial charge >= 0.3 is 0 Å². The molecule has 0 aromatic carbocycles. The second-order valence-corrected chi connectivity index (χ2v) is 7.53. The summed E-state index contributed by atoms with van der Waals surface area (Å²) in [5.74, 6) is 0.860. The van der Waals surface area contributed by atoms with Crippen LogP contribution >= 0.6 is 11.3 Å². The lowest BCUT2D eigenvalue weighted by molar-refractivity contribution is 0.103. The number of rotatable bonds is 5. The summed E-state index contributed by atoms with van der Waals surface area (Å²) in [5.41, 5.74) is 1.93. The monoisotopic (exact) mass is 382 g/mol. The van der Waals surface area contributed by atoms with Crippen molar-refractivity contribution in [1.29, 1.82) is 0 Å². The highest BCUT2D eigenvalue weighted by atomic mass is 32.1. The highest BCUT2D eigenvalue weighted by Gasteiger charge is 2.17. The van der Waals surface area contributed by atoms with Crippen LogP contribution in [0.1, 0.15) is 21.7 Å². The zero-order valence-electron chi connectivity index (χ0n) is 15.0. The summed E-state index contributed by atoms with van der Waals surface area (Å²) in [6, 6.07) is 9.61. The molecule has 6 nitrogen and oxygen atoms in total. The van der Waals surface area contributed by atoms with E-state index < -0.39 is 0 Å². The Kier molecular flexibility index (Phi) is 5.50. The SMILES string of the molecule is O=C(Nc1ccc(N2CCCN(Cc3ccoc3)CC2)nc1)c1cccs1. The van der Waals surface area contributed by atoms with E-state index in [1.54, 1.807) is 12.5 Å². The summed E-state index contributed by atoms with van der Waals surface area (Å²) >= 11 is 1.43. The number of anilines is 2. The van der Waals surface area contributed by atoms with E-state index in [1.807, 2.05) is 42.0 Å². The molecular formula is C20H22N4O2S. The molecule has 0 spiro atoms. The minimum Gasteiger partial charge on any atom is -0.472 e. The van der Waals surface area contributed by atoms with E-state index in [9.17, 15) is 4.79 Å². The molecule has 0 saturated carbocycles. The number of hydrogen-bond donors (Lipinski definition) is 1. The van der Waals surface area contributed by atoms with Gasteiger partial charge in [-0.1, -0.05) is 6.07 Å². The smallest absolute Gasteiger partial charge is 0.265 e.